The van der Waals surface area contributed by atoms with E-state index in [4.69, 9.17) is 9.72 Å². The molecule has 280 valence electrons. The Labute approximate surface area is 315 Å². The topological polar surface area (TPSA) is 102 Å². The molecule has 1 saturated heterocycles. The first kappa shape index (κ1) is 35.5. The van der Waals surface area contributed by atoms with Gasteiger partial charge in [0, 0.05) is 104 Å². The number of halogens is 1. The number of methoxy groups -OCH3 is 1. The molecule has 0 unspecified atom stereocenters. The van der Waals surface area contributed by atoms with Crippen LogP contribution in [0.3, 0.4) is 0 Å². The van der Waals surface area contributed by atoms with Crippen molar-refractivity contribution in [1.29, 1.82) is 0 Å². The minimum absolute atomic E-state index is 0.0143. The van der Waals surface area contributed by atoms with Gasteiger partial charge in [-0.3, -0.25) is 19.3 Å². The average Bonchev–Trinajstić information content (AvgIpc) is 3.72. The molecule has 1 aliphatic carbocycles. The molecule has 11 nitrogen and oxygen atoms in total. The van der Waals surface area contributed by atoms with E-state index in [1.807, 2.05) is 16.7 Å². The maximum absolute atomic E-state index is 14.4. The van der Waals surface area contributed by atoms with Crippen molar-refractivity contribution in [2.75, 3.05) is 51.3 Å². The van der Waals surface area contributed by atoms with Crippen molar-refractivity contribution in [3.63, 3.8) is 0 Å². The molecule has 54 heavy (non-hydrogen) atoms. The van der Waals surface area contributed by atoms with Gasteiger partial charge in [-0.25, -0.2) is 4.39 Å². The summed E-state index contributed by atoms with van der Waals surface area (Å²) in [4.78, 5) is 38.8. The van der Waals surface area contributed by atoms with Gasteiger partial charge in [0.25, 0.3) is 5.91 Å². The van der Waals surface area contributed by atoms with Crippen molar-refractivity contribution in [2.45, 2.75) is 59.0 Å². The van der Waals surface area contributed by atoms with E-state index < -0.39 is 0 Å². The van der Waals surface area contributed by atoms with Gasteiger partial charge in [-0.05, 0) is 80.5 Å². The molecule has 0 spiro atoms. The van der Waals surface area contributed by atoms with Crippen LogP contribution in [-0.2, 0) is 24.3 Å². The average molecular weight is 731 g/mol. The summed E-state index contributed by atoms with van der Waals surface area (Å²) in [6.07, 6.45) is 9.98. The quantitative estimate of drug-likeness (QED) is 0.155. The van der Waals surface area contributed by atoms with Crippen LogP contribution in [0.4, 0.5) is 10.1 Å². The number of fused-ring (bicyclic) bond motifs is 1. The van der Waals surface area contributed by atoms with Crippen LogP contribution in [-0.4, -0.2) is 92.5 Å². The summed E-state index contributed by atoms with van der Waals surface area (Å²) in [5, 5.41) is 8.90. The Morgan fingerprint density at radius 2 is 1.80 bits per heavy atom. The second-order valence-corrected chi connectivity index (χ2v) is 14.7. The fourth-order valence-electron chi connectivity index (χ4n) is 7.99. The summed E-state index contributed by atoms with van der Waals surface area (Å²) in [5.41, 5.74) is 8.84. The molecule has 0 N–H and O–H groups in total. The molecule has 2 fully saturated rings. The van der Waals surface area contributed by atoms with Gasteiger partial charge in [0.15, 0.2) is 0 Å². The summed E-state index contributed by atoms with van der Waals surface area (Å²) in [7, 11) is 1.55. The van der Waals surface area contributed by atoms with Crippen LogP contribution in [0.2, 0.25) is 0 Å². The molecule has 5 aromatic rings. The molecule has 3 aliphatic rings. The van der Waals surface area contributed by atoms with Crippen LogP contribution in [0.1, 0.15) is 60.0 Å². The predicted molar refractivity (Wildman–Crippen MR) is 207 cm³/mol. The molecular formula is C42H47FN8O3. The van der Waals surface area contributed by atoms with Crippen molar-refractivity contribution in [3.05, 3.63) is 95.5 Å². The second kappa shape index (κ2) is 15.1. The predicted octanol–water partition coefficient (Wildman–Crippen LogP) is 6.39. The lowest BCUT2D eigenvalue weighted by Crippen LogP contribution is -2.48. The van der Waals surface area contributed by atoms with E-state index in [1.165, 1.54) is 25.0 Å². The number of carbonyl (C=O) groups excluding carboxylic acids is 2. The molecular weight excluding hydrogens is 684 g/mol. The van der Waals surface area contributed by atoms with Crippen molar-refractivity contribution in [2.24, 2.45) is 5.92 Å². The fourth-order valence-corrected chi connectivity index (χ4v) is 7.99. The molecule has 2 aromatic carbocycles. The maximum atomic E-state index is 14.4. The third kappa shape index (κ3) is 7.21. The monoisotopic (exact) mass is 730 g/mol. The van der Waals surface area contributed by atoms with E-state index in [-0.39, 0.29) is 17.6 Å². The largest absolute Gasteiger partial charge is 0.494 e. The zero-order valence-corrected chi connectivity index (χ0v) is 31.3. The summed E-state index contributed by atoms with van der Waals surface area (Å²) in [6.45, 7) is 9.01. The van der Waals surface area contributed by atoms with Crippen LogP contribution < -0.4 is 9.64 Å². The van der Waals surface area contributed by atoms with Crippen LogP contribution in [0.5, 0.6) is 5.75 Å². The number of hydrogen-bond donors (Lipinski definition) is 0. The lowest BCUT2D eigenvalue weighted by Gasteiger charge is -2.36. The van der Waals surface area contributed by atoms with E-state index >= 15 is 0 Å². The lowest BCUT2D eigenvalue weighted by atomic mass is 9.96. The highest BCUT2D eigenvalue weighted by molar-refractivity contribution is 6.05. The second-order valence-electron chi connectivity index (χ2n) is 14.7. The number of benzene rings is 2. The van der Waals surface area contributed by atoms with Gasteiger partial charge >= 0.3 is 0 Å². The van der Waals surface area contributed by atoms with Crippen LogP contribution >= 0.6 is 0 Å². The Balaban J connectivity index is 1.15. The highest BCUT2D eigenvalue weighted by atomic mass is 19.1. The number of aryl methyl sites for hydroxylation is 3. The molecule has 3 aromatic heterocycles. The molecule has 0 bridgehead atoms. The highest BCUT2D eigenvalue weighted by Gasteiger charge is 2.30. The Hall–Kier alpha value is -5.52. The number of rotatable bonds is 11. The number of aromatic nitrogens is 5. The van der Waals surface area contributed by atoms with Crippen LogP contribution in [0, 0.1) is 18.7 Å². The van der Waals surface area contributed by atoms with E-state index in [9.17, 15) is 14.0 Å². The molecule has 8 rings (SSSR count). The molecule has 0 radical (unpaired) electrons. The van der Waals surface area contributed by atoms with E-state index in [0.717, 1.165) is 69.8 Å². The van der Waals surface area contributed by atoms with Gasteiger partial charge in [0.1, 0.15) is 11.6 Å². The number of carbonyl (C=O) groups is 2. The summed E-state index contributed by atoms with van der Waals surface area (Å²) < 4.78 is 23.6. The van der Waals surface area contributed by atoms with Crippen molar-refractivity contribution in [1.82, 2.24) is 34.3 Å². The Kier molecular flexibility index (Phi) is 9.91. The Bertz CT molecular complexity index is 2220. The summed E-state index contributed by atoms with van der Waals surface area (Å²) in [5.74, 6) is 0.827. The van der Waals surface area contributed by atoms with Gasteiger partial charge < -0.3 is 24.0 Å². The summed E-state index contributed by atoms with van der Waals surface area (Å²) >= 11 is 0. The van der Waals surface area contributed by atoms with Crippen molar-refractivity contribution >= 4 is 34.0 Å². The third-order valence-corrected chi connectivity index (χ3v) is 11.0. The van der Waals surface area contributed by atoms with Gasteiger partial charge in [-0.2, -0.15) is 0 Å². The van der Waals surface area contributed by atoms with Crippen LogP contribution in [0.25, 0.3) is 27.6 Å². The van der Waals surface area contributed by atoms with E-state index in [0.29, 0.717) is 69.5 Å². The third-order valence-electron chi connectivity index (χ3n) is 11.0. The fraction of sp³-hybridized carbons (Fsp3) is 0.405. The standard InChI is InChI=1S/C42H47FN8O3/c1-4-36-34(11-7-28(2)45-36)35-23-32(42(53)48-20-18-47(19-21-48)37-12-10-33(43)25-39(37)54-3)22-31-24-38(51(41(31)35)26-29-8-9-29)30-6-5-15-49(27-30)40(52)13-16-50-17-14-44-46-50/h6-7,10-12,14,17,22-25,29H,4-5,8-9,13,15-16,18-21,26-27H2,1-3H3. The summed E-state index contributed by atoms with van der Waals surface area (Å²) in [6, 6.07) is 15.2. The molecule has 12 heteroatoms. The molecule has 5 heterocycles. The number of hydrogen-bond acceptors (Lipinski definition) is 7. The molecule has 0 atom stereocenters. The van der Waals surface area contributed by atoms with E-state index in [2.05, 4.69) is 63.1 Å². The zero-order chi connectivity index (χ0) is 37.3. The number of anilines is 1. The number of piperazine rings is 1. The first-order valence-electron chi connectivity index (χ1n) is 19.1. The smallest absolute Gasteiger partial charge is 0.254 e. The first-order chi connectivity index (χ1) is 26.3. The molecule has 2 amide bonds. The van der Waals surface area contributed by atoms with Gasteiger partial charge in [0.05, 0.1) is 31.1 Å². The highest BCUT2D eigenvalue weighted by Crippen LogP contribution is 2.41. The number of pyridine rings is 1. The zero-order valence-electron chi connectivity index (χ0n) is 31.3. The van der Waals surface area contributed by atoms with Crippen molar-refractivity contribution < 1.29 is 18.7 Å². The van der Waals surface area contributed by atoms with Crippen molar-refractivity contribution in [3.8, 4) is 16.9 Å². The normalized spacial score (nSPS) is 16.2. The minimum Gasteiger partial charge on any atom is -0.494 e. The van der Waals surface area contributed by atoms with Gasteiger partial charge in [0.2, 0.25) is 5.91 Å². The van der Waals surface area contributed by atoms with Crippen LogP contribution in [0.15, 0.2) is 67.0 Å². The van der Waals surface area contributed by atoms with E-state index in [1.54, 1.807) is 30.3 Å². The number of nitrogens with zero attached hydrogens (tertiary/aromatic N) is 8. The lowest BCUT2D eigenvalue weighted by molar-refractivity contribution is -0.131. The SMILES string of the molecule is CCc1nc(C)ccc1-c1cc(C(=O)N2CCN(c3ccc(F)cc3OC)CC2)cc2cc(C3=CCCN(C(=O)CCn4ccnn4)C3)n(CC3CC3)c12. The number of ether oxygens (including phenoxy) is 1. The van der Waals surface area contributed by atoms with Gasteiger partial charge in [-0.15, -0.1) is 5.10 Å². The van der Waals surface area contributed by atoms with Gasteiger partial charge in [-0.1, -0.05) is 24.3 Å². The maximum Gasteiger partial charge on any atom is 0.254 e. The Morgan fingerprint density at radius 3 is 2.54 bits per heavy atom. The first-order valence-corrected chi connectivity index (χ1v) is 19.1. The minimum atomic E-state index is -0.343. The molecule has 1 saturated carbocycles. The number of amides is 2. The Morgan fingerprint density at radius 1 is 0.963 bits per heavy atom. The molecule has 2 aliphatic heterocycles.